The number of hydrogen-bond donors (Lipinski definition) is 2. The zero-order valence-electron chi connectivity index (χ0n) is 8.85. The third-order valence-electron chi connectivity index (χ3n) is 2.51. The van der Waals surface area contributed by atoms with Crippen LogP contribution in [0.3, 0.4) is 0 Å². The lowest BCUT2D eigenvalue weighted by Crippen LogP contribution is -2.38. The minimum Gasteiger partial charge on any atom is -0.382 e. The number of aromatic nitrogens is 1. The van der Waals surface area contributed by atoms with Gasteiger partial charge in [-0.3, -0.25) is 9.62 Å². The van der Waals surface area contributed by atoms with Crippen LogP contribution >= 0.6 is 0 Å². The molecule has 16 heavy (non-hydrogen) atoms. The smallest absolute Gasteiger partial charge is 0.141 e. The summed E-state index contributed by atoms with van der Waals surface area (Å²) < 4.78 is 11.2. The van der Waals surface area contributed by atoms with E-state index < -0.39 is 10.8 Å². The van der Waals surface area contributed by atoms with Crippen molar-refractivity contribution in [2.75, 3.05) is 29.5 Å². The summed E-state index contributed by atoms with van der Waals surface area (Å²) in [6.07, 6.45) is 0. The van der Waals surface area contributed by atoms with Crippen molar-refractivity contribution in [2.24, 2.45) is 5.73 Å². The maximum Gasteiger partial charge on any atom is 0.141 e. The van der Waals surface area contributed by atoms with Crippen LogP contribution in [0.2, 0.25) is 0 Å². The number of amidine groups is 1. The first-order valence-corrected chi connectivity index (χ1v) is 6.57. The first-order valence-electron chi connectivity index (χ1n) is 5.08. The average Bonchev–Trinajstić information content (AvgIpc) is 2.30. The van der Waals surface area contributed by atoms with Gasteiger partial charge in [0.15, 0.2) is 0 Å². The fraction of sp³-hybridized carbons (Fsp3) is 0.400. The van der Waals surface area contributed by atoms with Gasteiger partial charge in [0, 0.05) is 35.4 Å². The van der Waals surface area contributed by atoms with Gasteiger partial charge in [-0.2, -0.15) is 0 Å². The van der Waals surface area contributed by atoms with Gasteiger partial charge in [-0.1, -0.05) is 6.07 Å². The normalized spacial score (nSPS) is 17.4. The van der Waals surface area contributed by atoms with Crippen molar-refractivity contribution in [3.8, 4) is 0 Å². The van der Waals surface area contributed by atoms with E-state index in [-0.39, 0.29) is 5.84 Å². The van der Waals surface area contributed by atoms with Crippen LogP contribution < -0.4 is 10.6 Å². The maximum atomic E-state index is 11.2. The van der Waals surface area contributed by atoms with Crippen LogP contribution in [-0.2, 0) is 10.8 Å². The molecule has 86 valence electrons. The molecule has 1 fully saturated rings. The molecule has 0 radical (unpaired) electrons. The van der Waals surface area contributed by atoms with Gasteiger partial charge in [0.25, 0.3) is 0 Å². The van der Waals surface area contributed by atoms with E-state index in [4.69, 9.17) is 11.1 Å². The molecule has 6 heteroatoms. The Morgan fingerprint density at radius 1 is 1.44 bits per heavy atom. The Kier molecular flexibility index (Phi) is 3.19. The van der Waals surface area contributed by atoms with Crippen molar-refractivity contribution in [3.63, 3.8) is 0 Å². The van der Waals surface area contributed by atoms with Crippen LogP contribution in [0.15, 0.2) is 18.2 Å². The predicted octanol–water partition coefficient (Wildman–Crippen LogP) is -0.0656. The third kappa shape index (κ3) is 2.38. The van der Waals surface area contributed by atoms with Gasteiger partial charge < -0.3 is 10.6 Å². The van der Waals surface area contributed by atoms with Crippen LogP contribution in [0.5, 0.6) is 0 Å². The number of nitrogen functional groups attached to an aromatic ring is 1. The molecule has 0 unspecified atom stereocenters. The SMILES string of the molecule is N=C(N)c1cccc(N2CCS(=O)CC2)n1. The molecule has 0 atom stereocenters. The van der Waals surface area contributed by atoms with Crippen molar-refractivity contribution >= 4 is 22.5 Å². The lowest BCUT2D eigenvalue weighted by Gasteiger charge is -2.27. The molecule has 0 saturated carbocycles. The molecular formula is C10H14N4OS. The van der Waals surface area contributed by atoms with E-state index in [2.05, 4.69) is 9.88 Å². The summed E-state index contributed by atoms with van der Waals surface area (Å²) in [6.45, 7) is 1.50. The van der Waals surface area contributed by atoms with Gasteiger partial charge in [0.2, 0.25) is 0 Å². The highest BCUT2D eigenvalue weighted by Gasteiger charge is 2.16. The largest absolute Gasteiger partial charge is 0.382 e. The molecule has 0 amide bonds. The Bertz CT molecular complexity index is 425. The Hall–Kier alpha value is -1.43. The Morgan fingerprint density at radius 3 is 2.75 bits per heavy atom. The van der Waals surface area contributed by atoms with Crippen LogP contribution in [0.1, 0.15) is 5.69 Å². The van der Waals surface area contributed by atoms with Gasteiger partial charge in [-0.15, -0.1) is 0 Å². The number of rotatable bonds is 2. The number of anilines is 1. The topological polar surface area (TPSA) is 83.1 Å². The first-order chi connectivity index (χ1) is 7.66. The molecule has 2 rings (SSSR count). The van der Waals surface area contributed by atoms with Crippen molar-refractivity contribution in [1.82, 2.24) is 4.98 Å². The van der Waals surface area contributed by atoms with E-state index >= 15 is 0 Å². The van der Waals surface area contributed by atoms with Gasteiger partial charge in [-0.25, -0.2) is 4.98 Å². The summed E-state index contributed by atoms with van der Waals surface area (Å²) in [5.41, 5.74) is 5.88. The first kappa shape index (κ1) is 11.1. The number of hydrogen-bond acceptors (Lipinski definition) is 4. The molecule has 0 spiro atoms. The van der Waals surface area contributed by atoms with Crippen molar-refractivity contribution in [2.45, 2.75) is 0 Å². The molecule has 2 heterocycles. The number of nitrogens with two attached hydrogens (primary N) is 1. The monoisotopic (exact) mass is 238 g/mol. The van der Waals surface area contributed by atoms with Crippen molar-refractivity contribution in [3.05, 3.63) is 23.9 Å². The Morgan fingerprint density at radius 2 is 2.12 bits per heavy atom. The Labute approximate surface area is 96.6 Å². The lowest BCUT2D eigenvalue weighted by atomic mass is 10.3. The van der Waals surface area contributed by atoms with E-state index in [0.717, 1.165) is 18.9 Å². The van der Waals surface area contributed by atoms with E-state index in [9.17, 15) is 4.21 Å². The second kappa shape index (κ2) is 4.61. The summed E-state index contributed by atoms with van der Waals surface area (Å²) >= 11 is 0. The maximum absolute atomic E-state index is 11.2. The van der Waals surface area contributed by atoms with E-state index in [1.807, 2.05) is 12.1 Å². The van der Waals surface area contributed by atoms with Gasteiger partial charge >= 0.3 is 0 Å². The molecule has 0 aliphatic carbocycles. The van der Waals surface area contributed by atoms with Crippen LogP contribution in [0.25, 0.3) is 0 Å². The number of nitrogens with zero attached hydrogens (tertiary/aromatic N) is 2. The van der Waals surface area contributed by atoms with Crippen LogP contribution in [0, 0.1) is 5.41 Å². The number of nitrogens with one attached hydrogen (secondary N) is 1. The molecular weight excluding hydrogens is 224 g/mol. The average molecular weight is 238 g/mol. The standard InChI is InChI=1S/C10H14N4OS/c11-10(12)8-2-1-3-9(13-8)14-4-6-16(15)7-5-14/h1-3H,4-7H2,(H3,11,12). The minimum atomic E-state index is -0.685. The molecule has 1 aromatic rings. The molecule has 1 aliphatic rings. The van der Waals surface area contributed by atoms with Crippen molar-refractivity contribution in [1.29, 1.82) is 5.41 Å². The molecule has 0 bridgehead atoms. The summed E-state index contributed by atoms with van der Waals surface area (Å²) in [4.78, 5) is 6.38. The second-order valence-corrected chi connectivity index (χ2v) is 5.33. The highest BCUT2D eigenvalue weighted by atomic mass is 32.2. The third-order valence-corrected chi connectivity index (χ3v) is 3.79. The quantitative estimate of drug-likeness (QED) is 0.558. The van der Waals surface area contributed by atoms with Crippen LogP contribution in [0.4, 0.5) is 5.82 Å². The van der Waals surface area contributed by atoms with Crippen molar-refractivity contribution < 1.29 is 4.21 Å². The van der Waals surface area contributed by atoms with E-state index in [1.54, 1.807) is 6.07 Å². The molecule has 5 nitrogen and oxygen atoms in total. The highest BCUT2D eigenvalue weighted by molar-refractivity contribution is 7.85. The Balaban J connectivity index is 2.17. The summed E-state index contributed by atoms with van der Waals surface area (Å²) in [5, 5.41) is 7.33. The molecule has 1 aromatic heterocycles. The fourth-order valence-electron chi connectivity index (χ4n) is 1.62. The minimum absolute atomic E-state index is 0.0255. The second-order valence-electron chi connectivity index (χ2n) is 3.63. The molecule has 0 aromatic carbocycles. The summed E-state index contributed by atoms with van der Waals surface area (Å²) in [6, 6.07) is 5.44. The number of pyridine rings is 1. The zero-order chi connectivity index (χ0) is 11.5. The van der Waals surface area contributed by atoms with E-state index in [1.165, 1.54) is 0 Å². The predicted molar refractivity (Wildman–Crippen MR) is 65.3 cm³/mol. The molecule has 1 saturated heterocycles. The fourth-order valence-corrected chi connectivity index (χ4v) is 2.67. The summed E-state index contributed by atoms with van der Waals surface area (Å²) in [5.74, 6) is 2.16. The summed E-state index contributed by atoms with van der Waals surface area (Å²) in [7, 11) is -0.685. The lowest BCUT2D eigenvalue weighted by molar-refractivity contribution is 0.672. The molecule has 3 N–H and O–H groups in total. The molecule has 1 aliphatic heterocycles. The highest BCUT2D eigenvalue weighted by Crippen LogP contribution is 2.13. The van der Waals surface area contributed by atoms with Gasteiger partial charge in [0.05, 0.1) is 0 Å². The van der Waals surface area contributed by atoms with Gasteiger partial charge in [-0.05, 0) is 12.1 Å². The van der Waals surface area contributed by atoms with Gasteiger partial charge in [0.1, 0.15) is 17.3 Å². The zero-order valence-corrected chi connectivity index (χ0v) is 9.67. The van der Waals surface area contributed by atoms with E-state index in [0.29, 0.717) is 17.2 Å². The van der Waals surface area contributed by atoms with Crippen LogP contribution in [-0.4, -0.2) is 39.6 Å².